The van der Waals surface area contributed by atoms with Crippen molar-refractivity contribution in [1.29, 1.82) is 0 Å². The molecule has 2 rings (SSSR count). The normalized spacial score (nSPS) is 43.5. The lowest BCUT2D eigenvalue weighted by atomic mass is 9.91. The van der Waals surface area contributed by atoms with E-state index in [0.717, 1.165) is 0 Å². The predicted octanol–water partition coefficient (Wildman–Crippen LogP) is 2.57. The van der Waals surface area contributed by atoms with Crippen LogP contribution in [0.1, 0.15) is 6.42 Å². The average Bonchev–Trinajstić information content (AvgIpc) is 2.25. The van der Waals surface area contributed by atoms with Crippen LogP contribution in [0.25, 0.3) is 0 Å². The van der Waals surface area contributed by atoms with E-state index in [1.54, 1.807) is 0 Å². The number of rotatable bonds is 0. The highest BCUT2D eigenvalue weighted by Crippen LogP contribution is 2.73. The molecule has 1 aliphatic heterocycles. The summed E-state index contributed by atoms with van der Waals surface area (Å²) in [4.78, 5) is 0. The Bertz CT molecular complexity index is 272. The Morgan fingerprint density at radius 1 is 1.07 bits per heavy atom. The molecule has 82 valence electrons. The fourth-order valence-electron chi connectivity index (χ4n) is 1.74. The molecule has 1 saturated carbocycles. The molecule has 0 amide bonds. The fourth-order valence-corrected chi connectivity index (χ4v) is 1.74. The molecule has 0 aromatic carbocycles. The second-order valence-electron chi connectivity index (χ2n) is 3.41. The quantitative estimate of drug-likeness (QED) is 0.574. The van der Waals surface area contributed by atoms with E-state index in [4.69, 9.17) is 0 Å². The number of alkyl halides is 7. The van der Waals surface area contributed by atoms with Gasteiger partial charge < -0.3 is 4.74 Å². The third kappa shape index (κ3) is 0.945. The molecule has 1 spiro atoms. The number of hydrogen-bond acceptors (Lipinski definition) is 1. The molecule has 1 heterocycles. The third-order valence-electron chi connectivity index (χ3n) is 2.43. The van der Waals surface area contributed by atoms with Gasteiger partial charge in [0.15, 0.2) is 11.5 Å². The highest BCUT2D eigenvalue weighted by molar-refractivity contribution is 5.25. The Hall–Kier alpha value is -0.530. The SMILES string of the molecule is FC(F)(F)C1C(F)(F)OC12CC2(F)F. The Morgan fingerprint density at radius 3 is 1.64 bits per heavy atom. The van der Waals surface area contributed by atoms with Gasteiger partial charge in [-0.15, -0.1) is 0 Å². The summed E-state index contributed by atoms with van der Waals surface area (Å²) >= 11 is 0. The molecule has 2 atom stereocenters. The van der Waals surface area contributed by atoms with Crippen LogP contribution in [0.4, 0.5) is 30.7 Å². The van der Waals surface area contributed by atoms with E-state index >= 15 is 0 Å². The van der Waals surface area contributed by atoms with Crippen molar-refractivity contribution < 1.29 is 35.5 Å². The van der Waals surface area contributed by atoms with Gasteiger partial charge in [-0.1, -0.05) is 0 Å². The first-order chi connectivity index (χ1) is 6.03. The van der Waals surface area contributed by atoms with E-state index in [9.17, 15) is 30.7 Å². The maximum absolute atomic E-state index is 12.4. The van der Waals surface area contributed by atoms with Gasteiger partial charge in [-0.3, -0.25) is 0 Å². The summed E-state index contributed by atoms with van der Waals surface area (Å²) in [6.45, 7) is 0. The molecular formula is C6H3F7O. The molecule has 0 aromatic heterocycles. The van der Waals surface area contributed by atoms with E-state index in [-0.39, 0.29) is 0 Å². The molecule has 2 aliphatic rings. The molecule has 1 aliphatic carbocycles. The average molecular weight is 224 g/mol. The first-order valence-corrected chi connectivity index (χ1v) is 3.55. The molecule has 14 heavy (non-hydrogen) atoms. The molecular weight excluding hydrogens is 221 g/mol. The highest BCUT2D eigenvalue weighted by Gasteiger charge is 2.94. The minimum Gasteiger partial charge on any atom is -0.306 e. The van der Waals surface area contributed by atoms with Crippen molar-refractivity contribution in [3.05, 3.63) is 0 Å². The van der Waals surface area contributed by atoms with Crippen molar-refractivity contribution in [3.8, 4) is 0 Å². The summed E-state index contributed by atoms with van der Waals surface area (Å²) in [5.41, 5.74) is -3.01. The van der Waals surface area contributed by atoms with Crippen LogP contribution in [0.5, 0.6) is 0 Å². The van der Waals surface area contributed by atoms with E-state index in [0.29, 0.717) is 0 Å². The van der Waals surface area contributed by atoms with E-state index in [1.807, 2.05) is 0 Å². The van der Waals surface area contributed by atoms with Crippen LogP contribution in [0, 0.1) is 5.92 Å². The van der Waals surface area contributed by atoms with Crippen molar-refractivity contribution in [1.82, 2.24) is 0 Å². The summed E-state index contributed by atoms with van der Waals surface area (Å²) in [5.74, 6) is -7.19. The van der Waals surface area contributed by atoms with Crippen LogP contribution < -0.4 is 0 Å². The van der Waals surface area contributed by atoms with Crippen molar-refractivity contribution in [2.24, 2.45) is 5.92 Å². The van der Waals surface area contributed by atoms with Gasteiger partial charge in [-0.05, 0) is 0 Å². The second kappa shape index (κ2) is 2.02. The Balaban J connectivity index is 2.28. The Kier molecular flexibility index (Phi) is 1.45. The predicted molar refractivity (Wildman–Crippen MR) is 27.9 cm³/mol. The Morgan fingerprint density at radius 2 is 1.50 bits per heavy atom. The highest BCUT2D eigenvalue weighted by atomic mass is 19.4. The number of ether oxygens (including phenoxy) is 1. The zero-order valence-corrected chi connectivity index (χ0v) is 6.34. The van der Waals surface area contributed by atoms with Gasteiger partial charge in [-0.25, -0.2) is 8.78 Å². The van der Waals surface area contributed by atoms with Gasteiger partial charge in [0.2, 0.25) is 0 Å². The lowest BCUT2D eigenvalue weighted by molar-refractivity contribution is -0.471. The number of hydrogen-bond donors (Lipinski definition) is 0. The van der Waals surface area contributed by atoms with Crippen LogP contribution in [0.3, 0.4) is 0 Å². The minimum absolute atomic E-state index is 1.29. The maximum Gasteiger partial charge on any atom is 0.403 e. The summed E-state index contributed by atoms with van der Waals surface area (Å²) in [6, 6.07) is 0. The lowest BCUT2D eigenvalue weighted by Gasteiger charge is -2.44. The van der Waals surface area contributed by atoms with Crippen molar-refractivity contribution in [2.45, 2.75) is 30.2 Å². The smallest absolute Gasteiger partial charge is 0.306 e. The fraction of sp³-hybridized carbons (Fsp3) is 1.00. The molecule has 0 bridgehead atoms. The second-order valence-corrected chi connectivity index (χ2v) is 3.41. The van der Waals surface area contributed by atoms with E-state index in [2.05, 4.69) is 4.74 Å². The summed E-state index contributed by atoms with van der Waals surface area (Å²) in [6.07, 6.45) is -11.2. The Labute approximate surface area is 72.8 Å². The summed E-state index contributed by atoms with van der Waals surface area (Å²) in [7, 11) is 0. The molecule has 2 unspecified atom stereocenters. The molecule has 1 nitrogen and oxygen atoms in total. The summed E-state index contributed by atoms with van der Waals surface area (Å²) < 4.78 is 88.7. The van der Waals surface area contributed by atoms with Crippen LogP contribution in [-0.2, 0) is 4.74 Å². The van der Waals surface area contributed by atoms with Crippen LogP contribution in [-0.4, -0.2) is 23.8 Å². The molecule has 0 radical (unpaired) electrons. The number of halogens is 7. The van der Waals surface area contributed by atoms with Gasteiger partial charge in [0.05, 0.1) is 6.42 Å². The molecule has 8 heteroatoms. The standard InChI is InChI=1S/C6H3F7O/c7-4(8)1-3(4)2(5(9,10)11)6(12,13)14-3/h2H,1H2. The van der Waals surface area contributed by atoms with Gasteiger partial charge in [0.25, 0.3) is 5.92 Å². The van der Waals surface area contributed by atoms with Crippen molar-refractivity contribution >= 4 is 0 Å². The molecule has 0 N–H and O–H groups in total. The van der Waals surface area contributed by atoms with E-state index < -0.39 is 36.1 Å². The van der Waals surface area contributed by atoms with Crippen molar-refractivity contribution in [2.75, 3.05) is 0 Å². The first kappa shape index (κ1) is 10.0. The van der Waals surface area contributed by atoms with E-state index in [1.165, 1.54) is 0 Å². The molecule has 1 saturated heterocycles. The van der Waals surface area contributed by atoms with Gasteiger partial charge in [0, 0.05) is 0 Å². The molecule has 0 aromatic rings. The zero-order chi connectivity index (χ0) is 11.0. The maximum atomic E-state index is 12.4. The summed E-state index contributed by atoms with van der Waals surface area (Å²) in [5, 5.41) is 0. The largest absolute Gasteiger partial charge is 0.403 e. The minimum atomic E-state index is -5.37. The topological polar surface area (TPSA) is 9.23 Å². The molecule has 2 fully saturated rings. The lowest BCUT2D eigenvalue weighted by Crippen LogP contribution is -2.65. The van der Waals surface area contributed by atoms with Crippen LogP contribution in [0.2, 0.25) is 0 Å². The first-order valence-electron chi connectivity index (χ1n) is 3.55. The van der Waals surface area contributed by atoms with Crippen LogP contribution in [0.15, 0.2) is 0 Å². The van der Waals surface area contributed by atoms with Gasteiger partial charge >= 0.3 is 12.3 Å². The third-order valence-corrected chi connectivity index (χ3v) is 2.43. The van der Waals surface area contributed by atoms with Gasteiger partial charge in [-0.2, -0.15) is 22.0 Å². The van der Waals surface area contributed by atoms with Crippen molar-refractivity contribution in [3.63, 3.8) is 0 Å². The van der Waals surface area contributed by atoms with Gasteiger partial charge in [0.1, 0.15) is 0 Å². The van der Waals surface area contributed by atoms with Crippen LogP contribution >= 0.6 is 0 Å². The zero-order valence-electron chi connectivity index (χ0n) is 6.34. The monoisotopic (exact) mass is 224 g/mol.